The van der Waals surface area contributed by atoms with E-state index in [1.807, 2.05) is 0 Å². The Balaban J connectivity index is 2.83. The van der Waals surface area contributed by atoms with Gasteiger partial charge < -0.3 is 0 Å². The van der Waals surface area contributed by atoms with Crippen LogP contribution in [0.2, 0.25) is 0 Å². The normalized spacial score (nSPS) is 8.62. The molecule has 0 spiro atoms. The summed E-state index contributed by atoms with van der Waals surface area (Å²) in [7, 11) is 0. The van der Waals surface area contributed by atoms with E-state index in [1.54, 1.807) is 0 Å². The van der Waals surface area contributed by atoms with E-state index in [9.17, 15) is 4.48 Å². The molecule has 0 saturated carbocycles. The molecule has 8 heavy (non-hydrogen) atoms. The Morgan fingerprint density at radius 3 is 2.38 bits per heavy atom. The number of aromatic nitrogens is 3. The average Bonchev–Trinajstić information content (AvgIpc) is 1.90. The van der Waals surface area contributed by atoms with E-state index in [4.69, 9.17) is 0 Å². The number of anilines is 1. The van der Waals surface area contributed by atoms with Gasteiger partial charge in [0.25, 0.3) is 5.95 Å². The predicted molar refractivity (Wildman–Crippen MR) is 24.6 cm³/mol. The van der Waals surface area contributed by atoms with Crippen molar-refractivity contribution in [1.29, 1.82) is 0 Å². The van der Waals surface area contributed by atoms with Gasteiger partial charge in [-0.3, -0.25) is 0 Å². The van der Waals surface area contributed by atoms with Crippen LogP contribution >= 0.6 is 0 Å². The molecule has 0 fully saturated rings. The molecule has 0 bridgehead atoms. The second-order valence-corrected chi connectivity index (χ2v) is 1.06. The molecule has 1 aromatic heterocycles. The Labute approximate surface area is 44.7 Å². The molecule has 4 nitrogen and oxygen atoms in total. The molecule has 0 aliphatic heterocycles. The fourth-order valence-corrected chi connectivity index (χ4v) is 0.288. The maximum absolute atomic E-state index is 11.3. The molecule has 0 unspecified atom stereocenters. The van der Waals surface area contributed by atoms with Crippen LogP contribution in [-0.4, -0.2) is 15.0 Å². The van der Waals surface area contributed by atoms with E-state index in [0.29, 0.717) is 0 Å². The highest BCUT2D eigenvalue weighted by Gasteiger charge is 1.85. The molecule has 5 heteroatoms. The standard InChI is InChI=1S/C3H3FN4/c4-8-3-6-1-5-2-7-3/h1-2H,(H,5,6,7,8). The van der Waals surface area contributed by atoms with Crippen LogP contribution in [0.3, 0.4) is 0 Å². The minimum Gasteiger partial charge on any atom is -0.225 e. The van der Waals surface area contributed by atoms with E-state index in [2.05, 4.69) is 15.0 Å². The first kappa shape index (κ1) is 4.89. The third-order valence-corrected chi connectivity index (χ3v) is 0.578. The summed E-state index contributed by atoms with van der Waals surface area (Å²) in [5.74, 6) is -0.0694. The summed E-state index contributed by atoms with van der Waals surface area (Å²) >= 11 is 0. The van der Waals surface area contributed by atoms with E-state index < -0.39 is 0 Å². The SMILES string of the molecule is FNc1ncncn1. The zero-order valence-electron chi connectivity index (χ0n) is 3.87. The molecule has 0 atom stereocenters. The van der Waals surface area contributed by atoms with Gasteiger partial charge in [0, 0.05) is 0 Å². The molecule has 1 aromatic rings. The molecular weight excluding hydrogens is 111 g/mol. The van der Waals surface area contributed by atoms with Gasteiger partial charge in [-0.25, -0.2) is 4.98 Å². The largest absolute Gasteiger partial charge is 0.254 e. The zero-order chi connectivity index (χ0) is 5.82. The second kappa shape index (κ2) is 2.15. The lowest BCUT2D eigenvalue weighted by Crippen LogP contribution is -1.90. The fraction of sp³-hybridized carbons (Fsp3) is 0. The van der Waals surface area contributed by atoms with Crippen molar-refractivity contribution in [3.05, 3.63) is 12.7 Å². The third-order valence-electron chi connectivity index (χ3n) is 0.578. The van der Waals surface area contributed by atoms with Gasteiger partial charge in [-0.05, 0) is 0 Å². The molecule has 1 heterocycles. The van der Waals surface area contributed by atoms with Gasteiger partial charge in [-0.15, -0.1) is 4.48 Å². The minimum atomic E-state index is -0.0694. The maximum Gasteiger partial charge on any atom is 0.254 e. The zero-order valence-corrected chi connectivity index (χ0v) is 3.87. The van der Waals surface area contributed by atoms with Crippen molar-refractivity contribution in [2.24, 2.45) is 0 Å². The number of nitrogens with one attached hydrogen (secondary N) is 1. The maximum atomic E-state index is 11.3. The van der Waals surface area contributed by atoms with E-state index in [0.717, 1.165) is 0 Å². The summed E-state index contributed by atoms with van der Waals surface area (Å²) in [6, 6.07) is 0. The molecule has 0 aliphatic carbocycles. The van der Waals surface area contributed by atoms with Crippen LogP contribution in [-0.2, 0) is 0 Å². The van der Waals surface area contributed by atoms with E-state index in [1.165, 1.54) is 18.2 Å². The average molecular weight is 114 g/mol. The first-order valence-electron chi connectivity index (χ1n) is 1.92. The van der Waals surface area contributed by atoms with Crippen molar-refractivity contribution < 1.29 is 4.48 Å². The third kappa shape index (κ3) is 0.868. The molecule has 0 saturated heterocycles. The molecule has 1 rings (SSSR count). The van der Waals surface area contributed by atoms with Crippen LogP contribution in [0.15, 0.2) is 12.7 Å². The lowest BCUT2D eigenvalue weighted by Gasteiger charge is -1.86. The monoisotopic (exact) mass is 114 g/mol. The van der Waals surface area contributed by atoms with Crippen LogP contribution in [0, 0.1) is 0 Å². The predicted octanol–water partition coefficient (Wildman–Crippen LogP) is 0.168. The number of rotatable bonds is 1. The lowest BCUT2D eigenvalue weighted by atomic mass is 11.0. The topological polar surface area (TPSA) is 50.7 Å². The van der Waals surface area contributed by atoms with Gasteiger partial charge >= 0.3 is 0 Å². The molecule has 42 valence electrons. The Bertz CT molecular complexity index is 153. The van der Waals surface area contributed by atoms with E-state index in [-0.39, 0.29) is 5.95 Å². The van der Waals surface area contributed by atoms with Crippen molar-refractivity contribution in [2.45, 2.75) is 0 Å². The van der Waals surface area contributed by atoms with Crippen molar-refractivity contribution in [1.82, 2.24) is 15.0 Å². The first-order valence-corrected chi connectivity index (χ1v) is 1.92. The molecule has 0 aromatic carbocycles. The number of halogens is 1. The summed E-state index contributed by atoms with van der Waals surface area (Å²) in [4.78, 5) is 10.2. The highest BCUT2D eigenvalue weighted by molar-refractivity contribution is 5.14. The van der Waals surface area contributed by atoms with Gasteiger partial charge in [0.2, 0.25) is 0 Å². The summed E-state index contributed by atoms with van der Waals surface area (Å²) in [5.41, 5.74) is 1.26. The highest BCUT2D eigenvalue weighted by Crippen LogP contribution is 1.88. The van der Waals surface area contributed by atoms with Gasteiger partial charge in [-0.1, -0.05) is 0 Å². The number of hydrogen-bond donors (Lipinski definition) is 1. The molecule has 0 aliphatic rings. The highest BCUT2D eigenvalue weighted by atomic mass is 19.2. The van der Waals surface area contributed by atoms with Crippen molar-refractivity contribution in [3.63, 3.8) is 0 Å². The Morgan fingerprint density at radius 1 is 1.38 bits per heavy atom. The van der Waals surface area contributed by atoms with E-state index >= 15 is 0 Å². The second-order valence-electron chi connectivity index (χ2n) is 1.06. The molecule has 0 radical (unpaired) electrons. The fourth-order valence-electron chi connectivity index (χ4n) is 0.288. The van der Waals surface area contributed by atoms with Crippen LogP contribution in [0.25, 0.3) is 0 Å². The minimum absolute atomic E-state index is 0.0694. The van der Waals surface area contributed by atoms with Gasteiger partial charge in [-0.2, -0.15) is 15.5 Å². The number of hydrogen-bond acceptors (Lipinski definition) is 4. The van der Waals surface area contributed by atoms with Crippen LogP contribution < -0.4 is 5.54 Å². The Kier molecular flexibility index (Phi) is 1.32. The van der Waals surface area contributed by atoms with Crippen molar-refractivity contribution in [2.75, 3.05) is 5.54 Å². The van der Waals surface area contributed by atoms with Crippen molar-refractivity contribution >= 4 is 5.95 Å². The lowest BCUT2D eigenvalue weighted by molar-refractivity contribution is 0.603. The molecule has 0 amide bonds. The van der Waals surface area contributed by atoms with Gasteiger partial charge in [0.15, 0.2) is 0 Å². The Morgan fingerprint density at radius 2 is 2.00 bits per heavy atom. The first-order chi connectivity index (χ1) is 3.93. The van der Waals surface area contributed by atoms with Crippen LogP contribution in [0.1, 0.15) is 0 Å². The number of nitrogens with zero attached hydrogens (tertiary/aromatic N) is 3. The summed E-state index contributed by atoms with van der Waals surface area (Å²) in [6.07, 6.45) is 2.41. The molecule has 1 N–H and O–H groups in total. The molecular formula is C3H3FN4. The quantitative estimate of drug-likeness (QED) is 0.528. The van der Waals surface area contributed by atoms with Crippen LogP contribution in [0.5, 0.6) is 0 Å². The smallest absolute Gasteiger partial charge is 0.225 e. The Hall–Kier alpha value is -1.26. The summed E-state index contributed by atoms with van der Waals surface area (Å²) in [5, 5.41) is 0. The summed E-state index contributed by atoms with van der Waals surface area (Å²) in [6.45, 7) is 0. The summed E-state index contributed by atoms with van der Waals surface area (Å²) < 4.78 is 11.3. The van der Waals surface area contributed by atoms with Crippen molar-refractivity contribution in [3.8, 4) is 0 Å². The van der Waals surface area contributed by atoms with Gasteiger partial charge in [0.05, 0.1) is 0 Å². The van der Waals surface area contributed by atoms with Gasteiger partial charge in [0.1, 0.15) is 12.7 Å². The van der Waals surface area contributed by atoms with Crippen LogP contribution in [0.4, 0.5) is 10.4 Å².